The lowest BCUT2D eigenvalue weighted by Crippen LogP contribution is -2.36. The Kier molecular flexibility index (Phi) is 5.59. The minimum absolute atomic E-state index is 0.0806. The fourth-order valence-electron chi connectivity index (χ4n) is 1.89. The maximum Gasteiger partial charge on any atom is 0.245 e. The van der Waals surface area contributed by atoms with E-state index in [1.54, 1.807) is 0 Å². The van der Waals surface area contributed by atoms with Crippen molar-refractivity contribution in [3.05, 3.63) is 0 Å². The highest BCUT2D eigenvalue weighted by molar-refractivity contribution is 5.80. The van der Waals surface area contributed by atoms with E-state index in [4.69, 9.17) is 4.84 Å². The summed E-state index contributed by atoms with van der Waals surface area (Å²) in [4.78, 5) is 28.2. The van der Waals surface area contributed by atoms with Crippen LogP contribution >= 0.6 is 0 Å². The third kappa shape index (κ3) is 6.00. The average molecular weight is 256 g/mol. The molecule has 0 saturated heterocycles. The van der Waals surface area contributed by atoms with Gasteiger partial charge in [-0.25, -0.2) is 5.48 Å². The smallest absolute Gasteiger partial charge is 0.245 e. The van der Waals surface area contributed by atoms with Gasteiger partial charge >= 0.3 is 0 Å². The zero-order chi connectivity index (χ0) is 13.6. The van der Waals surface area contributed by atoms with E-state index in [1.807, 2.05) is 20.8 Å². The molecule has 2 amide bonds. The maximum atomic E-state index is 11.7. The highest BCUT2D eigenvalue weighted by atomic mass is 16.7. The Labute approximate surface area is 109 Å². The van der Waals surface area contributed by atoms with Crippen molar-refractivity contribution in [2.45, 2.75) is 58.5 Å². The molecule has 0 aromatic heterocycles. The lowest BCUT2D eigenvalue weighted by Gasteiger charge is -2.19. The number of hydrogen-bond acceptors (Lipinski definition) is 3. The van der Waals surface area contributed by atoms with Crippen molar-refractivity contribution < 1.29 is 14.4 Å². The van der Waals surface area contributed by atoms with E-state index in [0.29, 0.717) is 6.54 Å². The van der Waals surface area contributed by atoms with Gasteiger partial charge in [0.1, 0.15) is 0 Å². The first-order valence-corrected chi connectivity index (χ1v) is 6.63. The molecule has 0 heterocycles. The first-order chi connectivity index (χ1) is 8.38. The SMILES string of the molecule is CC(C)(C)ONC(=O)CCNC(=O)C1CCCC1. The summed E-state index contributed by atoms with van der Waals surface area (Å²) in [5.74, 6) is 0.0209. The highest BCUT2D eigenvalue weighted by Crippen LogP contribution is 2.24. The molecule has 2 N–H and O–H groups in total. The molecule has 1 fully saturated rings. The molecule has 0 bridgehead atoms. The van der Waals surface area contributed by atoms with Crippen molar-refractivity contribution in [2.24, 2.45) is 5.92 Å². The monoisotopic (exact) mass is 256 g/mol. The summed E-state index contributed by atoms with van der Waals surface area (Å²) in [5, 5.41) is 2.80. The molecule has 1 aliphatic carbocycles. The van der Waals surface area contributed by atoms with E-state index in [9.17, 15) is 9.59 Å². The zero-order valence-corrected chi connectivity index (χ0v) is 11.5. The number of carbonyl (C=O) groups is 2. The molecule has 104 valence electrons. The first-order valence-electron chi connectivity index (χ1n) is 6.63. The van der Waals surface area contributed by atoms with Crippen LogP contribution < -0.4 is 10.8 Å². The fourth-order valence-corrected chi connectivity index (χ4v) is 1.89. The second kappa shape index (κ2) is 6.73. The molecule has 0 aliphatic heterocycles. The lowest BCUT2D eigenvalue weighted by molar-refractivity contribution is -0.145. The minimum atomic E-state index is -0.400. The van der Waals surface area contributed by atoms with Crippen LogP contribution in [0.2, 0.25) is 0 Å². The lowest BCUT2D eigenvalue weighted by atomic mass is 10.1. The Hall–Kier alpha value is -1.10. The number of carbonyl (C=O) groups excluding carboxylic acids is 2. The molecule has 0 atom stereocenters. The van der Waals surface area contributed by atoms with Gasteiger partial charge in [0.05, 0.1) is 5.60 Å². The number of hydroxylamine groups is 1. The Morgan fingerprint density at radius 3 is 2.39 bits per heavy atom. The summed E-state index contributed by atoms with van der Waals surface area (Å²) in [7, 11) is 0. The van der Waals surface area contributed by atoms with Crippen LogP contribution in [-0.4, -0.2) is 24.0 Å². The predicted octanol–water partition coefficient (Wildman–Crippen LogP) is 1.53. The average Bonchev–Trinajstić information content (AvgIpc) is 2.78. The van der Waals surface area contributed by atoms with Crippen LogP contribution in [0.3, 0.4) is 0 Å². The van der Waals surface area contributed by atoms with Crippen molar-refractivity contribution in [1.29, 1.82) is 0 Å². The molecule has 0 radical (unpaired) electrons. The molecule has 0 unspecified atom stereocenters. The Morgan fingerprint density at radius 1 is 1.22 bits per heavy atom. The Bertz CT molecular complexity index is 291. The molecule has 1 aliphatic rings. The molecular weight excluding hydrogens is 232 g/mol. The van der Waals surface area contributed by atoms with Gasteiger partial charge in [-0.1, -0.05) is 12.8 Å². The number of hydrogen-bond donors (Lipinski definition) is 2. The van der Waals surface area contributed by atoms with Crippen LogP contribution in [0.5, 0.6) is 0 Å². The summed E-state index contributed by atoms with van der Waals surface area (Å²) in [6.07, 6.45) is 4.47. The molecule has 5 nitrogen and oxygen atoms in total. The van der Waals surface area contributed by atoms with Gasteiger partial charge in [0.15, 0.2) is 0 Å². The number of rotatable bonds is 5. The van der Waals surface area contributed by atoms with Crippen LogP contribution in [0.1, 0.15) is 52.9 Å². The summed E-state index contributed by atoms with van der Waals surface area (Å²) >= 11 is 0. The second-order valence-electron chi connectivity index (χ2n) is 5.76. The van der Waals surface area contributed by atoms with Gasteiger partial charge in [-0.2, -0.15) is 0 Å². The predicted molar refractivity (Wildman–Crippen MR) is 68.6 cm³/mol. The van der Waals surface area contributed by atoms with Crippen molar-refractivity contribution in [1.82, 2.24) is 10.8 Å². The molecule has 0 spiro atoms. The fraction of sp³-hybridized carbons (Fsp3) is 0.846. The van der Waals surface area contributed by atoms with Crippen LogP contribution in [0.25, 0.3) is 0 Å². The van der Waals surface area contributed by atoms with Crippen LogP contribution in [0.4, 0.5) is 0 Å². The number of amides is 2. The van der Waals surface area contributed by atoms with Crippen molar-refractivity contribution in [3.63, 3.8) is 0 Å². The molecule has 5 heteroatoms. The van der Waals surface area contributed by atoms with Gasteiger partial charge in [0.2, 0.25) is 11.8 Å². The summed E-state index contributed by atoms with van der Waals surface area (Å²) < 4.78 is 0. The molecular formula is C13H24N2O3. The van der Waals surface area contributed by atoms with Gasteiger partial charge in [0, 0.05) is 18.9 Å². The van der Waals surface area contributed by atoms with Gasteiger partial charge in [-0.15, -0.1) is 0 Å². The van der Waals surface area contributed by atoms with Crippen LogP contribution in [0.15, 0.2) is 0 Å². The molecule has 0 aromatic carbocycles. The molecule has 0 aromatic rings. The van der Waals surface area contributed by atoms with E-state index >= 15 is 0 Å². The van der Waals surface area contributed by atoms with Gasteiger partial charge in [-0.05, 0) is 33.6 Å². The van der Waals surface area contributed by atoms with Crippen LogP contribution in [-0.2, 0) is 14.4 Å². The van der Waals surface area contributed by atoms with Crippen LogP contribution in [0, 0.1) is 5.92 Å². The van der Waals surface area contributed by atoms with Crippen molar-refractivity contribution in [2.75, 3.05) is 6.54 Å². The molecule has 1 rings (SSSR count). The standard InChI is InChI=1S/C13H24N2O3/c1-13(2,3)18-15-11(16)8-9-14-12(17)10-6-4-5-7-10/h10H,4-9H2,1-3H3,(H,14,17)(H,15,16). The first kappa shape index (κ1) is 15.0. The topological polar surface area (TPSA) is 67.4 Å². The normalized spacial score (nSPS) is 16.6. The largest absolute Gasteiger partial charge is 0.355 e. The van der Waals surface area contributed by atoms with E-state index in [1.165, 1.54) is 0 Å². The van der Waals surface area contributed by atoms with Gasteiger partial charge < -0.3 is 5.32 Å². The van der Waals surface area contributed by atoms with E-state index < -0.39 is 5.60 Å². The quantitative estimate of drug-likeness (QED) is 0.733. The Morgan fingerprint density at radius 2 is 1.83 bits per heavy atom. The van der Waals surface area contributed by atoms with Gasteiger partial charge in [0.25, 0.3) is 0 Å². The Balaban J connectivity index is 2.09. The summed E-state index contributed by atoms with van der Waals surface area (Å²) in [6.45, 7) is 5.94. The van der Waals surface area contributed by atoms with Gasteiger partial charge in [-0.3, -0.25) is 14.4 Å². The summed E-state index contributed by atoms with van der Waals surface area (Å²) in [6, 6.07) is 0. The minimum Gasteiger partial charge on any atom is -0.355 e. The van der Waals surface area contributed by atoms with E-state index in [-0.39, 0.29) is 24.2 Å². The molecule has 18 heavy (non-hydrogen) atoms. The zero-order valence-electron chi connectivity index (χ0n) is 11.5. The van der Waals surface area contributed by atoms with E-state index in [0.717, 1.165) is 25.7 Å². The van der Waals surface area contributed by atoms with E-state index in [2.05, 4.69) is 10.8 Å². The number of nitrogens with one attached hydrogen (secondary N) is 2. The highest BCUT2D eigenvalue weighted by Gasteiger charge is 2.22. The summed E-state index contributed by atoms with van der Waals surface area (Å²) in [5.41, 5.74) is 1.98. The maximum absolute atomic E-state index is 11.7. The van der Waals surface area contributed by atoms with Crippen molar-refractivity contribution >= 4 is 11.8 Å². The third-order valence-corrected chi connectivity index (χ3v) is 2.85. The third-order valence-electron chi connectivity index (χ3n) is 2.85. The molecule has 1 saturated carbocycles. The van der Waals surface area contributed by atoms with Crippen molar-refractivity contribution in [3.8, 4) is 0 Å². The second-order valence-corrected chi connectivity index (χ2v) is 5.76.